The quantitative estimate of drug-likeness (QED) is 0.837. The van der Waals surface area contributed by atoms with E-state index < -0.39 is 0 Å². The molecule has 2 aliphatic rings. The van der Waals surface area contributed by atoms with Gasteiger partial charge in [-0.15, -0.1) is 0 Å². The van der Waals surface area contributed by atoms with Crippen molar-refractivity contribution in [1.82, 2.24) is 10.0 Å². The Balaban J connectivity index is 1.81. The molecule has 0 spiro atoms. The van der Waals surface area contributed by atoms with E-state index in [-0.39, 0.29) is 12.2 Å². The molecule has 0 aromatic heterocycles. The number of fused-ring (bicyclic) bond motifs is 1. The van der Waals surface area contributed by atoms with E-state index in [9.17, 15) is 4.79 Å². The Morgan fingerprint density at radius 1 is 1.00 bits per heavy atom. The van der Waals surface area contributed by atoms with E-state index >= 15 is 0 Å². The number of anilines is 1. The smallest absolute Gasteiger partial charge is 0.271 e. The molecule has 0 radical (unpaired) electrons. The minimum atomic E-state index is -0.165. The molecule has 5 heteroatoms. The van der Waals surface area contributed by atoms with Gasteiger partial charge in [0.05, 0.1) is 0 Å². The van der Waals surface area contributed by atoms with Crippen molar-refractivity contribution in [1.29, 1.82) is 0 Å². The number of benzene rings is 2. The van der Waals surface area contributed by atoms with Crippen LogP contribution in [0.15, 0.2) is 66.9 Å². The molecular formula is C17H14ClN3O. The van der Waals surface area contributed by atoms with Crippen molar-refractivity contribution in [2.75, 3.05) is 11.4 Å². The molecule has 22 heavy (non-hydrogen) atoms. The Morgan fingerprint density at radius 2 is 1.73 bits per heavy atom. The molecule has 2 aromatic carbocycles. The predicted octanol–water partition coefficient (Wildman–Crippen LogP) is 4.03. The molecule has 2 aromatic rings. The maximum absolute atomic E-state index is 12.8. The maximum Gasteiger partial charge on any atom is 0.344 e. The number of rotatable bonds is 2. The summed E-state index contributed by atoms with van der Waals surface area (Å²) in [5.41, 5.74) is 1.92. The molecule has 0 bridgehead atoms. The molecule has 1 unspecified atom stereocenters. The van der Waals surface area contributed by atoms with Crippen LogP contribution in [-0.4, -0.2) is 22.6 Å². The highest BCUT2D eigenvalue weighted by Crippen LogP contribution is 2.39. The van der Waals surface area contributed by atoms with Gasteiger partial charge in [0.15, 0.2) is 0 Å². The maximum atomic E-state index is 12.8. The first-order chi connectivity index (χ1) is 10.8. The van der Waals surface area contributed by atoms with Crippen molar-refractivity contribution in [3.63, 3.8) is 0 Å². The largest absolute Gasteiger partial charge is 0.344 e. The van der Waals surface area contributed by atoms with E-state index in [4.69, 9.17) is 11.6 Å². The van der Waals surface area contributed by atoms with Gasteiger partial charge in [0.25, 0.3) is 0 Å². The molecule has 2 amide bonds. The standard InChI is InChI=1S/C17H14ClN3O/c18-14-9-7-13(8-10-14)16-19-11-4-12-20(19)17(22)21(16)15-5-2-1-3-6-15/h1-10,12,16H,11H2. The van der Waals surface area contributed by atoms with E-state index in [0.29, 0.717) is 11.6 Å². The molecule has 0 N–H and O–H groups in total. The average molecular weight is 312 g/mol. The Labute approximate surface area is 133 Å². The zero-order valence-electron chi connectivity index (χ0n) is 11.8. The molecule has 110 valence electrons. The summed E-state index contributed by atoms with van der Waals surface area (Å²) in [6.45, 7) is 0.711. The van der Waals surface area contributed by atoms with Gasteiger partial charge in [0.1, 0.15) is 6.17 Å². The van der Waals surface area contributed by atoms with E-state index in [1.807, 2.05) is 76.8 Å². The van der Waals surface area contributed by atoms with Gasteiger partial charge in [-0.25, -0.2) is 9.80 Å². The van der Waals surface area contributed by atoms with Crippen LogP contribution in [0.5, 0.6) is 0 Å². The van der Waals surface area contributed by atoms with E-state index in [1.54, 1.807) is 5.01 Å². The summed E-state index contributed by atoms with van der Waals surface area (Å²) < 4.78 is 0. The third kappa shape index (κ3) is 2.00. The first-order valence-electron chi connectivity index (χ1n) is 7.12. The van der Waals surface area contributed by atoms with Gasteiger partial charge in [-0.2, -0.15) is 5.01 Å². The fourth-order valence-corrected chi connectivity index (χ4v) is 3.09. The zero-order chi connectivity index (χ0) is 15.1. The normalized spacial score (nSPS) is 20.8. The number of hydrazine groups is 1. The van der Waals surface area contributed by atoms with Gasteiger partial charge in [-0.05, 0) is 29.8 Å². The average Bonchev–Trinajstić information content (AvgIpc) is 3.12. The van der Waals surface area contributed by atoms with Crippen molar-refractivity contribution in [3.05, 3.63) is 77.5 Å². The number of hydrogen-bond acceptors (Lipinski definition) is 2. The van der Waals surface area contributed by atoms with Gasteiger partial charge < -0.3 is 0 Å². The molecule has 2 heterocycles. The van der Waals surface area contributed by atoms with E-state index in [1.165, 1.54) is 0 Å². The molecule has 4 nitrogen and oxygen atoms in total. The second-order valence-corrected chi connectivity index (χ2v) is 5.70. The number of hydrogen-bond donors (Lipinski definition) is 0. The highest BCUT2D eigenvalue weighted by Gasteiger charge is 2.46. The van der Waals surface area contributed by atoms with Crippen molar-refractivity contribution in [2.24, 2.45) is 0 Å². The van der Waals surface area contributed by atoms with Crippen molar-refractivity contribution in [3.8, 4) is 0 Å². The summed E-state index contributed by atoms with van der Waals surface area (Å²) >= 11 is 5.99. The number of halogens is 1. The summed E-state index contributed by atoms with van der Waals surface area (Å²) in [5.74, 6) is 0. The molecule has 1 atom stereocenters. The lowest BCUT2D eigenvalue weighted by molar-refractivity contribution is 0.0913. The van der Waals surface area contributed by atoms with Gasteiger partial charge in [0.2, 0.25) is 0 Å². The monoisotopic (exact) mass is 311 g/mol. The summed E-state index contributed by atoms with van der Waals surface area (Å²) in [6.07, 6.45) is 3.65. The number of nitrogens with zero attached hydrogens (tertiary/aromatic N) is 3. The van der Waals surface area contributed by atoms with Crippen LogP contribution in [0.25, 0.3) is 0 Å². The van der Waals surface area contributed by atoms with Crippen LogP contribution in [0.3, 0.4) is 0 Å². The lowest BCUT2D eigenvalue weighted by Crippen LogP contribution is -2.32. The van der Waals surface area contributed by atoms with E-state index in [2.05, 4.69) is 0 Å². The van der Waals surface area contributed by atoms with Crippen molar-refractivity contribution in [2.45, 2.75) is 6.17 Å². The first-order valence-corrected chi connectivity index (χ1v) is 7.50. The van der Waals surface area contributed by atoms with Crippen LogP contribution < -0.4 is 4.90 Å². The first kappa shape index (κ1) is 13.4. The van der Waals surface area contributed by atoms with Gasteiger partial charge in [-0.1, -0.05) is 48.0 Å². The minimum Gasteiger partial charge on any atom is -0.271 e. The van der Waals surface area contributed by atoms with Gasteiger partial charge >= 0.3 is 6.03 Å². The minimum absolute atomic E-state index is 0.0418. The number of para-hydroxylation sites is 1. The Hall–Kier alpha value is -2.30. The predicted molar refractivity (Wildman–Crippen MR) is 86.2 cm³/mol. The third-order valence-electron chi connectivity index (χ3n) is 3.95. The molecule has 2 aliphatic heterocycles. The Morgan fingerprint density at radius 3 is 2.45 bits per heavy atom. The fraction of sp³-hybridized carbons (Fsp3) is 0.118. The zero-order valence-corrected chi connectivity index (χ0v) is 12.5. The third-order valence-corrected chi connectivity index (χ3v) is 4.20. The van der Waals surface area contributed by atoms with E-state index in [0.717, 1.165) is 11.3 Å². The van der Waals surface area contributed by atoms with Gasteiger partial charge in [0, 0.05) is 23.5 Å². The lowest BCUT2D eigenvalue weighted by Gasteiger charge is -2.27. The van der Waals surface area contributed by atoms with Crippen LogP contribution in [0, 0.1) is 0 Å². The second-order valence-electron chi connectivity index (χ2n) is 5.26. The summed E-state index contributed by atoms with van der Waals surface area (Å²) in [4.78, 5) is 14.6. The molecule has 1 saturated heterocycles. The summed E-state index contributed by atoms with van der Waals surface area (Å²) in [7, 11) is 0. The fourth-order valence-electron chi connectivity index (χ4n) is 2.96. The summed E-state index contributed by atoms with van der Waals surface area (Å²) in [6, 6.07) is 17.3. The number of amides is 2. The van der Waals surface area contributed by atoms with Crippen molar-refractivity contribution < 1.29 is 4.79 Å². The second kappa shape index (κ2) is 5.16. The SMILES string of the molecule is O=C1N(c2ccccc2)C(c2ccc(Cl)cc2)N2CC=CN12. The topological polar surface area (TPSA) is 26.8 Å². The van der Waals surface area contributed by atoms with Crippen LogP contribution >= 0.6 is 11.6 Å². The Bertz CT molecular complexity index is 729. The van der Waals surface area contributed by atoms with Crippen LogP contribution in [0.2, 0.25) is 5.02 Å². The van der Waals surface area contributed by atoms with Crippen LogP contribution in [0.1, 0.15) is 11.7 Å². The molecule has 1 fully saturated rings. The molecule has 4 rings (SSSR count). The van der Waals surface area contributed by atoms with Gasteiger partial charge in [-0.3, -0.25) is 4.90 Å². The summed E-state index contributed by atoms with van der Waals surface area (Å²) in [5, 5.41) is 4.40. The number of urea groups is 1. The van der Waals surface area contributed by atoms with Crippen LogP contribution in [-0.2, 0) is 0 Å². The number of carbonyl (C=O) groups is 1. The molecule has 0 saturated carbocycles. The van der Waals surface area contributed by atoms with Crippen LogP contribution in [0.4, 0.5) is 10.5 Å². The lowest BCUT2D eigenvalue weighted by atomic mass is 10.1. The highest BCUT2D eigenvalue weighted by atomic mass is 35.5. The molecular weight excluding hydrogens is 298 g/mol. The van der Waals surface area contributed by atoms with Crippen molar-refractivity contribution >= 4 is 23.3 Å². The number of carbonyl (C=O) groups excluding carboxylic acids is 1. The highest BCUT2D eigenvalue weighted by molar-refractivity contribution is 6.30. The molecule has 0 aliphatic carbocycles. The Kier molecular flexibility index (Phi) is 3.13.